The van der Waals surface area contributed by atoms with Gasteiger partial charge in [0.25, 0.3) is 5.91 Å². The van der Waals surface area contributed by atoms with Crippen LogP contribution < -0.4 is 10.6 Å². The number of carbonyl (C=O) groups excluding carboxylic acids is 3. The highest BCUT2D eigenvalue weighted by atomic mass is 35.5. The lowest BCUT2D eigenvalue weighted by atomic mass is 9.97. The molecule has 0 saturated carbocycles. The number of esters is 1. The molecule has 3 amide bonds. The molecule has 0 radical (unpaired) electrons. The van der Waals surface area contributed by atoms with E-state index in [1.54, 1.807) is 17.0 Å². The minimum absolute atomic E-state index is 0.136. The number of anilines is 2. The summed E-state index contributed by atoms with van der Waals surface area (Å²) in [5.74, 6) is -1.27. The number of urea groups is 1. The third-order valence-corrected chi connectivity index (χ3v) is 5.35. The number of piperidine rings is 1. The third-order valence-electron chi connectivity index (χ3n) is 4.85. The maximum Gasteiger partial charge on any atom is 0.321 e. The Morgan fingerprint density at radius 1 is 1.13 bits per heavy atom. The van der Waals surface area contributed by atoms with Crippen LogP contribution >= 0.6 is 23.2 Å². The first-order valence-corrected chi connectivity index (χ1v) is 10.5. The van der Waals surface area contributed by atoms with Crippen molar-refractivity contribution in [2.24, 2.45) is 5.92 Å². The van der Waals surface area contributed by atoms with Crippen LogP contribution in [0.15, 0.2) is 42.6 Å². The highest BCUT2D eigenvalue weighted by Crippen LogP contribution is 2.23. The number of amides is 3. The van der Waals surface area contributed by atoms with Gasteiger partial charge in [0.15, 0.2) is 11.9 Å². The van der Waals surface area contributed by atoms with Crippen molar-refractivity contribution in [2.75, 3.05) is 23.7 Å². The van der Waals surface area contributed by atoms with Crippen LogP contribution in [0.2, 0.25) is 10.0 Å². The minimum Gasteiger partial charge on any atom is -0.452 e. The van der Waals surface area contributed by atoms with Crippen molar-refractivity contribution in [1.82, 2.24) is 9.88 Å². The van der Waals surface area contributed by atoms with Gasteiger partial charge < -0.3 is 20.3 Å². The molecule has 1 saturated heterocycles. The van der Waals surface area contributed by atoms with Crippen LogP contribution in [-0.2, 0) is 14.3 Å². The number of para-hydroxylation sites is 1. The molecule has 164 valence electrons. The molecule has 1 atom stereocenters. The first-order valence-electron chi connectivity index (χ1n) is 9.77. The second-order valence-corrected chi connectivity index (χ2v) is 7.95. The molecule has 0 spiro atoms. The highest BCUT2D eigenvalue weighted by Gasteiger charge is 2.30. The topological polar surface area (TPSA) is 101 Å². The lowest BCUT2D eigenvalue weighted by Crippen LogP contribution is -2.43. The molecule has 1 aliphatic heterocycles. The van der Waals surface area contributed by atoms with E-state index in [0.717, 1.165) is 0 Å². The van der Waals surface area contributed by atoms with Gasteiger partial charge in [0.05, 0.1) is 16.0 Å². The number of hydrogen-bond donors (Lipinski definition) is 2. The molecule has 0 bridgehead atoms. The van der Waals surface area contributed by atoms with Crippen molar-refractivity contribution in [3.63, 3.8) is 0 Å². The van der Waals surface area contributed by atoms with Gasteiger partial charge in [0.2, 0.25) is 0 Å². The molecule has 0 unspecified atom stereocenters. The van der Waals surface area contributed by atoms with Crippen molar-refractivity contribution < 1.29 is 19.1 Å². The molecule has 0 aliphatic carbocycles. The van der Waals surface area contributed by atoms with Gasteiger partial charge in [-0.25, -0.2) is 9.78 Å². The average molecular weight is 465 g/mol. The van der Waals surface area contributed by atoms with E-state index in [0.29, 0.717) is 36.6 Å². The first-order chi connectivity index (χ1) is 14.8. The SMILES string of the molecule is C[C@H](OC(=O)C1CCN(C(=O)Nc2ccccc2)CC1)C(=O)Nc1ncc(Cl)cc1Cl. The van der Waals surface area contributed by atoms with E-state index < -0.39 is 18.0 Å². The number of aromatic nitrogens is 1. The van der Waals surface area contributed by atoms with Crippen LogP contribution in [0, 0.1) is 5.92 Å². The first kappa shape index (κ1) is 22.8. The molecule has 8 nitrogen and oxygen atoms in total. The highest BCUT2D eigenvalue weighted by molar-refractivity contribution is 6.36. The number of nitrogens with one attached hydrogen (secondary N) is 2. The predicted molar refractivity (Wildman–Crippen MR) is 118 cm³/mol. The van der Waals surface area contributed by atoms with Gasteiger partial charge in [0, 0.05) is 25.0 Å². The fourth-order valence-corrected chi connectivity index (χ4v) is 3.52. The molecule has 10 heteroatoms. The summed E-state index contributed by atoms with van der Waals surface area (Å²) in [6, 6.07) is 10.4. The maximum absolute atomic E-state index is 12.5. The quantitative estimate of drug-likeness (QED) is 0.645. The monoisotopic (exact) mass is 464 g/mol. The number of pyridine rings is 1. The molecule has 2 aromatic rings. The molecular weight excluding hydrogens is 443 g/mol. The van der Waals surface area contributed by atoms with Gasteiger partial charge in [0.1, 0.15) is 0 Å². The van der Waals surface area contributed by atoms with E-state index in [1.807, 2.05) is 18.2 Å². The number of benzene rings is 1. The number of likely N-dealkylation sites (tertiary alicyclic amines) is 1. The van der Waals surface area contributed by atoms with Crippen LogP contribution in [-0.4, -0.2) is 47.0 Å². The average Bonchev–Trinajstić information content (AvgIpc) is 2.76. The van der Waals surface area contributed by atoms with Gasteiger partial charge in [-0.2, -0.15) is 0 Å². The third kappa shape index (κ3) is 6.32. The Kier molecular flexibility index (Phi) is 7.70. The number of ether oxygens (including phenoxy) is 1. The van der Waals surface area contributed by atoms with E-state index in [1.165, 1.54) is 19.2 Å². The second-order valence-electron chi connectivity index (χ2n) is 7.11. The molecule has 31 heavy (non-hydrogen) atoms. The standard InChI is InChI=1S/C21H22Cl2N4O4/c1-13(19(28)26-18-17(23)11-15(22)12-24-18)31-20(29)14-7-9-27(10-8-14)21(30)25-16-5-3-2-4-6-16/h2-6,11-14H,7-10H2,1H3,(H,25,30)(H,24,26,28)/t13-/m0/s1. The smallest absolute Gasteiger partial charge is 0.321 e. The summed E-state index contributed by atoms with van der Waals surface area (Å²) in [7, 11) is 0. The number of hydrogen-bond acceptors (Lipinski definition) is 5. The fraction of sp³-hybridized carbons (Fsp3) is 0.333. The van der Waals surface area contributed by atoms with E-state index in [9.17, 15) is 14.4 Å². The summed E-state index contributed by atoms with van der Waals surface area (Å²) in [6.45, 7) is 2.31. The molecule has 1 aliphatic rings. The van der Waals surface area contributed by atoms with Gasteiger partial charge in [-0.15, -0.1) is 0 Å². The van der Waals surface area contributed by atoms with Crippen molar-refractivity contribution in [1.29, 1.82) is 0 Å². The lowest BCUT2D eigenvalue weighted by Gasteiger charge is -2.31. The predicted octanol–water partition coefficient (Wildman–Crippen LogP) is 4.20. The summed E-state index contributed by atoms with van der Waals surface area (Å²) < 4.78 is 5.31. The van der Waals surface area contributed by atoms with Gasteiger partial charge >= 0.3 is 12.0 Å². The minimum atomic E-state index is -1.03. The van der Waals surface area contributed by atoms with Crippen LogP contribution in [0.3, 0.4) is 0 Å². The molecule has 1 aromatic carbocycles. The van der Waals surface area contributed by atoms with Crippen molar-refractivity contribution in [3.05, 3.63) is 52.6 Å². The zero-order chi connectivity index (χ0) is 22.4. The van der Waals surface area contributed by atoms with E-state index >= 15 is 0 Å². The number of carbonyl (C=O) groups is 3. The van der Waals surface area contributed by atoms with Crippen molar-refractivity contribution in [2.45, 2.75) is 25.9 Å². The summed E-state index contributed by atoms with van der Waals surface area (Å²) in [5, 5.41) is 5.86. The summed E-state index contributed by atoms with van der Waals surface area (Å²) in [4.78, 5) is 42.7. The Morgan fingerprint density at radius 3 is 2.45 bits per heavy atom. The summed E-state index contributed by atoms with van der Waals surface area (Å²) in [6.07, 6.45) is 1.24. The van der Waals surface area contributed by atoms with Crippen LogP contribution in [0.5, 0.6) is 0 Å². The molecule has 1 fully saturated rings. The number of rotatable bonds is 5. The zero-order valence-electron chi connectivity index (χ0n) is 16.8. The van der Waals surface area contributed by atoms with Gasteiger partial charge in [-0.1, -0.05) is 41.4 Å². The lowest BCUT2D eigenvalue weighted by molar-refractivity contribution is -0.158. The Morgan fingerprint density at radius 2 is 1.81 bits per heavy atom. The van der Waals surface area contributed by atoms with E-state index in [-0.39, 0.29) is 22.8 Å². The summed E-state index contributed by atoms with van der Waals surface area (Å²) >= 11 is 11.8. The Labute approximate surface area is 189 Å². The largest absolute Gasteiger partial charge is 0.452 e. The molecule has 2 heterocycles. The zero-order valence-corrected chi connectivity index (χ0v) is 18.3. The van der Waals surface area contributed by atoms with Gasteiger partial charge in [-0.05, 0) is 38.0 Å². The van der Waals surface area contributed by atoms with E-state index in [2.05, 4.69) is 15.6 Å². The van der Waals surface area contributed by atoms with E-state index in [4.69, 9.17) is 27.9 Å². The normalized spacial score (nSPS) is 15.1. The molecule has 3 rings (SSSR count). The molecule has 1 aromatic heterocycles. The van der Waals surface area contributed by atoms with Crippen molar-refractivity contribution >= 4 is 52.6 Å². The molecule has 2 N–H and O–H groups in total. The van der Waals surface area contributed by atoms with Gasteiger partial charge in [-0.3, -0.25) is 9.59 Å². The van der Waals surface area contributed by atoms with Crippen LogP contribution in [0.1, 0.15) is 19.8 Å². The Balaban J connectivity index is 1.45. The maximum atomic E-state index is 12.5. The second kappa shape index (κ2) is 10.5. The van der Waals surface area contributed by atoms with Crippen LogP contribution in [0.25, 0.3) is 0 Å². The summed E-state index contributed by atoms with van der Waals surface area (Å²) in [5.41, 5.74) is 0.712. The Hall–Kier alpha value is -2.84. The van der Waals surface area contributed by atoms with Crippen LogP contribution in [0.4, 0.5) is 16.3 Å². The Bertz CT molecular complexity index is 950. The fourth-order valence-electron chi connectivity index (χ4n) is 3.09. The number of halogens is 2. The molecular formula is C21H22Cl2N4O4. The number of nitrogens with zero attached hydrogens (tertiary/aromatic N) is 2. The van der Waals surface area contributed by atoms with Crippen molar-refractivity contribution in [3.8, 4) is 0 Å².